The molecule has 1 rings (SSSR count). The number of carbonyl (C=O) groups excluding carboxylic acids is 2. The molecular formula is C16H25N3O4S. The Kier molecular flexibility index (Phi) is 7.87. The highest BCUT2D eigenvalue weighted by atomic mass is 32.2. The fraction of sp³-hybridized carbons (Fsp3) is 0.500. The molecular weight excluding hydrogens is 330 g/mol. The average Bonchev–Trinajstić information content (AvgIpc) is 2.50. The Morgan fingerprint density at radius 1 is 1.00 bits per heavy atom. The summed E-state index contributed by atoms with van der Waals surface area (Å²) in [5, 5.41) is 5.45. The number of sulfonamides is 1. The van der Waals surface area contributed by atoms with Gasteiger partial charge in [0.15, 0.2) is 0 Å². The van der Waals surface area contributed by atoms with E-state index in [0.29, 0.717) is 31.6 Å². The van der Waals surface area contributed by atoms with Gasteiger partial charge in [-0.1, -0.05) is 26.0 Å². The molecule has 0 saturated carbocycles. The number of benzene rings is 1. The first-order valence-corrected chi connectivity index (χ1v) is 9.67. The van der Waals surface area contributed by atoms with Crippen molar-refractivity contribution in [3.8, 4) is 0 Å². The van der Waals surface area contributed by atoms with E-state index in [9.17, 15) is 18.0 Å². The first-order chi connectivity index (χ1) is 11.2. The highest BCUT2D eigenvalue weighted by molar-refractivity contribution is 7.88. The summed E-state index contributed by atoms with van der Waals surface area (Å²) < 4.78 is 24.4. The van der Waals surface area contributed by atoms with Gasteiger partial charge in [0.1, 0.15) is 0 Å². The molecule has 1 aromatic rings. The summed E-state index contributed by atoms with van der Waals surface area (Å²) in [5.41, 5.74) is 1.46. The number of hydrogen-bond donors (Lipinski definition) is 3. The van der Waals surface area contributed by atoms with Crippen molar-refractivity contribution in [1.29, 1.82) is 0 Å². The minimum Gasteiger partial charge on any atom is -0.354 e. The Labute approximate surface area is 143 Å². The summed E-state index contributed by atoms with van der Waals surface area (Å²) >= 11 is 0. The molecule has 0 radical (unpaired) electrons. The number of amides is 2. The zero-order valence-electron chi connectivity index (χ0n) is 14.3. The highest BCUT2D eigenvalue weighted by Gasteiger charge is 2.07. The van der Waals surface area contributed by atoms with Crippen LogP contribution in [0.3, 0.4) is 0 Å². The van der Waals surface area contributed by atoms with Crippen LogP contribution < -0.4 is 15.4 Å². The van der Waals surface area contributed by atoms with Crippen LogP contribution in [0.2, 0.25) is 0 Å². The zero-order valence-corrected chi connectivity index (χ0v) is 15.1. The van der Waals surface area contributed by atoms with Gasteiger partial charge in [0, 0.05) is 31.1 Å². The van der Waals surface area contributed by atoms with Crippen LogP contribution in [0.5, 0.6) is 0 Å². The molecule has 2 amide bonds. The van der Waals surface area contributed by atoms with E-state index < -0.39 is 10.0 Å². The van der Waals surface area contributed by atoms with Gasteiger partial charge in [-0.2, -0.15) is 0 Å². The van der Waals surface area contributed by atoms with Gasteiger partial charge in [0.25, 0.3) is 5.91 Å². The Bertz CT molecular complexity index is 654. The largest absolute Gasteiger partial charge is 0.354 e. The summed E-state index contributed by atoms with van der Waals surface area (Å²) in [4.78, 5) is 23.3. The number of rotatable bonds is 9. The van der Waals surface area contributed by atoms with Gasteiger partial charge in [-0.25, -0.2) is 13.1 Å². The summed E-state index contributed by atoms with van der Waals surface area (Å²) in [6.07, 6.45) is 1.67. The van der Waals surface area contributed by atoms with Crippen molar-refractivity contribution in [3.63, 3.8) is 0 Å². The second-order valence-corrected chi connectivity index (χ2v) is 7.65. The summed E-state index contributed by atoms with van der Waals surface area (Å²) in [6, 6.07) is 6.97. The molecule has 0 unspecified atom stereocenters. The fourth-order valence-electron chi connectivity index (χ4n) is 1.87. The molecule has 0 aromatic heterocycles. The van der Waals surface area contributed by atoms with E-state index in [2.05, 4.69) is 15.4 Å². The molecule has 0 fully saturated rings. The third-order valence-corrected chi connectivity index (χ3v) is 3.96. The molecule has 1 aromatic carbocycles. The van der Waals surface area contributed by atoms with Crippen LogP contribution >= 0.6 is 0 Å². The Morgan fingerprint density at radius 3 is 2.12 bits per heavy atom. The number of nitrogens with one attached hydrogen (secondary N) is 3. The van der Waals surface area contributed by atoms with Crippen molar-refractivity contribution < 1.29 is 18.0 Å². The maximum atomic E-state index is 12.0. The van der Waals surface area contributed by atoms with E-state index in [1.54, 1.807) is 38.1 Å². The fourth-order valence-corrected chi connectivity index (χ4v) is 2.34. The minimum absolute atomic E-state index is 0.0451. The van der Waals surface area contributed by atoms with Crippen LogP contribution in [0.4, 0.5) is 0 Å². The van der Waals surface area contributed by atoms with Crippen LogP contribution in [0.1, 0.15) is 29.8 Å². The van der Waals surface area contributed by atoms with Gasteiger partial charge in [-0.15, -0.1) is 0 Å². The molecule has 7 nitrogen and oxygen atoms in total. The quantitative estimate of drug-likeness (QED) is 0.553. The van der Waals surface area contributed by atoms with Gasteiger partial charge >= 0.3 is 0 Å². The highest BCUT2D eigenvalue weighted by Crippen LogP contribution is 2.05. The lowest BCUT2D eigenvalue weighted by Crippen LogP contribution is -2.36. The zero-order chi connectivity index (χ0) is 18.2. The van der Waals surface area contributed by atoms with Crippen LogP contribution in [-0.4, -0.2) is 46.1 Å². The van der Waals surface area contributed by atoms with E-state index in [1.807, 2.05) is 0 Å². The SMILES string of the molecule is CC(C)C(=O)NCCNC(=O)c1ccc(CCNS(C)(=O)=O)cc1. The van der Waals surface area contributed by atoms with Crippen molar-refractivity contribution in [3.05, 3.63) is 35.4 Å². The molecule has 0 heterocycles. The maximum Gasteiger partial charge on any atom is 0.251 e. The molecule has 0 atom stereocenters. The number of carbonyl (C=O) groups is 2. The lowest BCUT2D eigenvalue weighted by atomic mass is 10.1. The minimum atomic E-state index is -3.18. The van der Waals surface area contributed by atoms with Crippen molar-refractivity contribution >= 4 is 21.8 Å². The third-order valence-electron chi connectivity index (χ3n) is 3.23. The molecule has 0 saturated heterocycles. The second kappa shape index (κ2) is 9.39. The Balaban J connectivity index is 2.37. The predicted molar refractivity (Wildman–Crippen MR) is 93.2 cm³/mol. The third kappa shape index (κ3) is 8.07. The van der Waals surface area contributed by atoms with E-state index in [1.165, 1.54) is 0 Å². The second-order valence-electron chi connectivity index (χ2n) is 5.82. The molecule has 0 aliphatic heterocycles. The van der Waals surface area contributed by atoms with E-state index in [4.69, 9.17) is 0 Å². The summed E-state index contributed by atoms with van der Waals surface area (Å²) in [6.45, 7) is 4.68. The Hall–Kier alpha value is -1.93. The van der Waals surface area contributed by atoms with Crippen LogP contribution in [0.15, 0.2) is 24.3 Å². The smallest absolute Gasteiger partial charge is 0.251 e. The molecule has 8 heteroatoms. The predicted octanol–water partition coefficient (Wildman–Crippen LogP) is 0.280. The van der Waals surface area contributed by atoms with Gasteiger partial charge in [-0.05, 0) is 24.1 Å². The first kappa shape index (κ1) is 20.1. The molecule has 0 spiro atoms. The number of hydrogen-bond acceptors (Lipinski definition) is 4. The topological polar surface area (TPSA) is 104 Å². The van der Waals surface area contributed by atoms with Crippen molar-refractivity contribution in [2.45, 2.75) is 20.3 Å². The van der Waals surface area contributed by atoms with E-state index >= 15 is 0 Å². The Morgan fingerprint density at radius 2 is 1.58 bits per heavy atom. The van der Waals surface area contributed by atoms with Crippen molar-refractivity contribution in [2.24, 2.45) is 5.92 Å². The lowest BCUT2D eigenvalue weighted by molar-refractivity contribution is -0.123. The van der Waals surface area contributed by atoms with Crippen molar-refractivity contribution in [2.75, 3.05) is 25.9 Å². The lowest BCUT2D eigenvalue weighted by Gasteiger charge is -2.09. The molecule has 0 aliphatic rings. The normalized spacial score (nSPS) is 11.3. The van der Waals surface area contributed by atoms with Gasteiger partial charge in [-0.3, -0.25) is 9.59 Å². The van der Waals surface area contributed by atoms with Gasteiger partial charge in [0.2, 0.25) is 15.9 Å². The molecule has 0 aliphatic carbocycles. The molecule has 134 valence electrons. The maximum absolute atomic E-state index is 12.0. The van der Waals surface area contributed by atoms with E-state index in [-0.39, 0.29) is 17.7 Å². The van der Waals surface area contributed by atoms with Crippen LogP contribution in [-0.2, 0) is 21.2 Å². The standard InChI is InChI=1S/C16H25N3O4S/c1-12(2)15(20)17-10-11-18-16(21)14-6-4-13(5-7-14)8-9-19-24(3,22)23/h4-7,12,19H,8-11H2,1-3H3,(H,17,20)(H,18,21). The molecule has 24 heavy (non-hydrogen) atoms. The van der Waals surface area contributed by atoms with E-state index in [0.717, 1.165) is 11.8 Å². The van der Waals surface area contributed by atoms with Gasteiger partial charge in [0.05, 0.1) is 6.26 Å². The first-order valence-electron chi connectivity index (χ1n) is 7.78. The summed E-state index contributed by atoms with van der Waals surface area (Å²) in [5.74, 6) is -0.337. The molecule has 0 bridgehead atoms. The molecule has 3 N–H and O–H groups in total. The van der Waals surface area contributed by atoms with Crippen LogP contribution in [0.25, 0.3) is 0 Å². The average molecular weight is 355 g/mol. The van der Waals surface area contributed by atoms with Crippen molar-refractivity contribution in [1.82, 2.24) is 15.4 Å². The monoisotopic (exact) mass is 355 g/mol. The van der Waals surface area contributed by atoms with Gasteiger partial charge < -0.3 is 10.6 Å². The van der Waals surface area contributed by atoms with Crippen LogP contribution in [0, 0.1) is 5.92 Å². The summed E-state index contributed by atoms with van der Waals surface area (Å²) in [7, 11) is -3.18.